The van der Waals surface area contributed by atoms with Crippen molar-refractivity contribution in [3.05, 3.63) is 69.7 Å². The molecule has 0 spiro atoms. The monoisotopic (exact) mass is 597 g/mol. The number of hydrogen-bond donors (Lipinski definition) is 1. The number of carbonyl (C=O) groups excluding carboxylic acids is 1. The fourth-order valence-corrected chi connectivity index (χ4v) is 6.20. The number of phenols is 1. The van der Waals surface area contributed by atoms with Crippen LogP contribution in [0.4, 0.5) is 0 Å². The van der Waals surface area contributed by atoms with Crippen LogP contribution in [0.1, 0.15) is 39.4 Å². The second-order valence-electron chi connectivity index (χ2n) is 8.00. The Balaban J connectivity index is 1.93. The number of hydrogen-bond acceptors (Lipinski definition) is 4. The lowest BCUT2D eigenvalue weighted by Crippen LogP contribution is -2.37. The van der Waals surface area contributed by atoms with Gasteiger partial charge in [0.1, 0.15) is 5.75 Å². The molecule has 1 aromatic carbocycles. The van der Waals surface area contributed by atoms with Crippen LogP contribution in [-0.4, -0.2) is 32.2 Å². The molecule has 1 N–H and O–H groups in total. The Labute approximate surface area is 210 Å². The molecule has 0 bridgehead atoms. The Morgan fingerprint density at radius 2 is 2.12 bits per heavy atom. The number of aryl methyl sites for hydroxylation is 2. The van der Waals surface area contributed by atoms with Crippen LogP contribution in [0.2, 0.25) is 0 Å². The first-order chi connectivity index (χ1) is 15.1. The molecule has 3 unspecified atom stereocenters. The number of halogens is 1. The predicted molar refractivity (Wildman–Crippen MR) is 147 cm³/mol. The van der Waals surface area contributed by atoms with Gasteiger partial charge in [0.2, 0.25) is 5.91 Å². The van der Waals surface area contributed by atoms with Gasteiger partial charge < -0.3 is 10.0 Å². The Morgan fingerprint density at radius 3 is 2.78 bits per heavy atom. The highest BCUT2D eigenvalue weighted by Crippen LogP contribution is 2.50. The van der Waals surface area contributed by atoms with Gasteiger partial charge in [-0.25, -0.2) is 0 Å². The molecule has 0 saturated heterocycles. The van der Waals surface area contributed by atoms with Crippen LogP contribution in [0.5, 0.6) is 5.75 Å². The Bertz CT molecular complexity index is 1200. The summed E-state index contributed by atoms with van der Waals surface area (Å²) in [6.45, 7) is 9.78. The molecule has 3 atom stereocenters. The maximum atomic E-state index is 12.5. The molecular formula is C23H26IN3O2P2S. The molecule has 0 fully saturated rings. The van der Waals surface area contributed by atoms with E-state index in [1.54, 1.807) is 17.4 Å². The van der Waals surface area contributed by atoms with Crippen molar-refractivity contribution in [3.8, 4) is 16.9 Å². The number of rotatable bonds is 5. The molecule has 1 aliphatic heterocycles. The summed E-state index contributed by atoms with van der Waals surface area (Å²) in [5.74, 6) is 0.147. The molecule has 168 valence electrons. The van der Waals surface area contributed by atoms with Crippen LogP contribution in [0, 0.1) is 6.92 Å². The van der Waals surface area contributed by atoms with Crippen LogP contribution in [0.25, 0.3) is 11.1 Å². The summed E-state index contributed by atoms with van der Waals surface area (Å²) in [6, 6.07) is 7.78. The summed E-state index contributed by atoms with van der Waals surface area (Å²) in [6.07, 6.45) is 3.43. The van der Waals surface area contributed by atoms with Crippen molar-refractivity contribution in [2.45, 2.75) is 35.8 Å². The minimum Gasteiger partial charge on any atom is -0.508 e. The van der Waals surface area contributed by atoms with Crippen LogP contribution < -0.4 is 0 Å². The van der Waals surface area contributed by atoms with E-state index in [1.165, 1.54) is 21.4 Å². The zero-order chi connectivity index (χ0) is 23.2. The van der Waals surface area contributed by atoms with Gasteiger partial charge in [-0.1, -0.05) is 35.2 Å². The zero-order valence-electron chi connectivity index (χ0n) is 18.0. The molecule has 32 heavy (non-hydrogen) atoms. The predicted octanol–water partition coefficient (Wildman–Crippen LogP) is 5.60. The number of alkyl halides is 1. The highest BCUT2D eigenvalue weighted by Gasteiger charge is 2.33. The first-order valence-corrected chi connectivity index (χ1v) is 13.4. The number of nitrogens with zero attached hydrogens (tertiary/aromatic N) is 3. The van der Waals surface area contributed by atoms with E-state index in [0.29, 0.717) is 13.1 Å². The number of thiophene rings is 1. The Kier molecular flexibility index (Phi) is 6.84. The van der Waals surface area contributed by atoms with Crippen LogP contribution in [-0.2, 0) is 20.8 Å². The minimum atomic E-state index is -0.349. The van der Waals surface area contributed by atoms with Crippen LogP contribution >= 0.6 is 52.4 Å². The maximum Gasteiger partial charge on any atom is 0.246 e. The van der Waals surface area contributed by atoms with Crippen molar-refractivity contribution in [2.75, 3.05) is 6.54 Å². The molecular weight excluding hydrogens is 571 g/mol. The smallest absolute Gasteiger partial charge is 0.246 e. The lowest BCUT2D eigenvalue weighted by atomic mass is 9.83. The molecule has 9 heteroatoms. The average molecular weight is 597 g/mol. The van der Waals surface area contributed by atoms with Crippen molar-refractivity contribution in [2.24, 2.45) is 0 Å². The normalized spacial score (nSPS) is 16.2. The largest absolute Gasteiger partial charge is 0.508 e. The quantitative estimate of drug-likeness (QED) is 0.180. The third-order valence-electron chi connectivity index (χ3n) is 5.72. The van der Waals surface area contributed by atoms with Crippen molar-refractivity contribution >= 4 is 58.3 Å². The lowest BCUT2D eigenvalue weighted by Gasteiger charge is -2.33. The lowest BCUT2D eigenvalue weighted by molar-refractivity contribution is -0.127. The third kappa shape index (κ3) is 4.54. The van der Waals surface area contributed by atoms with Gasteiger partial charge in [0.05, 0.1) is 15.1 Å². The molecule has 0 saturated carbocycles. The van der Waals surface area contributed by atoms with E-state index in [0.717, 1.165) is 28.9 Å². The number of aromatic nitrogens is 2. The number of amides is 1. The SMILES string of the molecule is C=CC(=O)N1Cc2sc(C)cc2C(c2ccc(O)cc2-c2cn(CC)nc2C(P)(P)I)C1. The van der Waals surface area contributed by atoms with Crippen molar-refractivity contribution in [1.29, 1.82) is 0 Å². The van der Waals surface area contributed by atoms with E-state index in [1.807, 2.05) is 27.9 Å². The van der Waals surface area contributed by atoms with Crippen LogP contribution in [0.15, 0.2) is 43.1 Å². The summed E-state index contributed by atoms with van der Waals surface area (Å²) >= 11 is 4.08. The topological polar surface area (TPSA) is 58.4 Å². The molecule has 4 rings (SSSR count). The molecule has 0 radical (unpaired) electrons. The fraction of sp³-hybridized carbons (Fsp3) is 0.304. The summed E-state index contributed by atoms with van der Waals surface area (Å²) in [4.78, 5) is 16.8. The minimum absolute atomic E-state index is 0.00124. The third-order valence-corrected chi connectivity index (χ3v) is 7.82. The molecule has 3 heterocycles. The molecule has 1 amide bonds. The van der Waals surface area contributed by atoms with Gasteiger partial charge in [-0.15, -0.1) is 29.8 Å². The second-order valence-corrected chi connectivity index (χ2v) is 16.0. The van der Waals surface area contributed by atoms with Crippen molar-refractivity contribution in [3.63, 3.8) is 0 Å². The first kappa shape index (κ1) is 23.9. The number of benzene rings is 1. The first-order valence-electron chi connectivity index (χ1n) is 10.3. The maximum absolute atomic E-state index is 12.5. The van der Waals surface area contributed by atoms with E-state index < -0.39 is 0 Å². The zero-order valence-corrected chi connectivity index (χ0v) is 23.3. The molecule has 3 aromatic rings. The van der Waals surface area contributed by atoms with Crippen LogP contribution in [0.3, 0.4) is 0 Å². The van der Waals surface area contributed by atoms with Gasteiger partial charge >= 0.3 is 0 Å². The van der Waals surface area contributed by atoms with Crippen molar-refractivity contribution in [1.82, 2.24) is 14.7 Å². The van der Waals surface area contributed by atoms with E-state index in [4.69, 9.17) is 5.10 Å². The molecule has 0 aliphatic carbocycles. The van der Waals surface area contributed by atoms with Gasteiger partial charge in [-0.2, -0.15) is 5.10 Å². The summed E-state index contributed by atoms with van der Waals surface area (Å²) in [7, 11) is 5.66. The summed E-state index contributed by atoms with van der Waals surface area (Å²) in [5.41, 5.74) is 5.18. The van der Waals surface area contributed by atoms with E-state index in [-0.39, 0.29) is 20.5 Å². The van der Waals surface area contributed by atoms with Gasteiger partial charge in [0.25, 0.3) is 0 Å². The number of aromatic hydroxyl groups is 1. The number of fused-ring (bicyclic) bond motifs is 1. The standard InChI is InChI=1S/C23H26IN3O2P2S/c1-4-21(29)26-10-18(17-8-13(3)32-20(17)12-26)15-7-6-14(28)9-16(15)19-11-27(5-2)25-22(19)23(24,30)31/h4,6-9,11,18,28H,1,5,10,12,30-31H2,2-3H3. The Morgan fingerprint density at radius 1 is 1.38 bits per heavy atom. The molecule has 1 aliphatic rings. The number of carbonyl (C=O) groups is 1. The van der Waals surface area contributed by atoms with E-state index >= 15 is 0 Å². The molecule has 2 aromatic heterocycles. The fourth-order valence-electron chi connectivity index (χ4n) is 4.27. The molecule has 5 nitrogen and oxygen atoms in total. The van der Waals surface area contributed by atoms with Gasteiger partial charge in [0.15, 0.2) is 0 Å². The van der Waals surface area contributed by atoms with Gasteiger partial charge in [-0.05, 0) is 54.8 Å². The average Bonchev–Trinajstić information content (AvgIpc) is 3.35. The van der Waals surface area contributed by atoms with E-state index in [9.17, 15) is 9.90 Å². The van der Waals surface area contributed by atoms with Gasteiger partial charge in [-0.3, -0.25) is 9.48 Å². The highest BCUT2D eigenvalue weighted by atomic mass is 127. The summed E-state index contributed by atoms with van der Waals surface area (Å²) in [5, 5.41) is 15.2. The van der Waals surface area contributed by atoms with Crippen molar-refractivity contribution < 1.29 is 9.90 Å². The second kappa shape index (κ2) is 9.17. The van der Waals surface area contributed by atoms with Gasteiger partial charge in [0, 0.05) is 40.5 Å². The highest BCUT2D eigenvalue weighted by molar-refractivity contribution is 14.1. The summed E-state index contributed by atoms with van der Waals surface area (Å²) < 4.78 is 1.58. The Hall–Kier alpha value is -1.27. The van der Waals surface area contributed by atoms with E-state index in [2.05, 4.69) is 67.6 Å². The number of phenolic OH excluding ortho intramolecular Hbond substituents is 1.